The molecule has 0 aliphatic carbocycles. The van der Waals surface area contributed by atoms with Crippen LogP contribution in [0.15, 0.2) is 75.1 Å². The van der Waals surface area contributed by atoms with Crippen molar-refractivity contribution in [3.05, 3.63) is 82.1 Å². The monoisotopic (exact) mass is 498 g/mol. The smallest absolute Gasteiger partial charge is 0.400 e. The molecule has 2 heterocycles. The van der Waals surface area contributed by atoms with Crippen LogP contribution in [0, 0.1) is 17.0 Å². The molecular formula is C22H18N4O6S2. The molecule has 0 spiro atoms. The van der Waals surface area contributed by atoms with Gasteiger partial charge >= 0.3 is 5.88 Å². The zero-order valence-corrected chi connectivity index (χ0v) is 19.5. The standard InChI is InChI=1S/C22H18N4O6S2/c1-15-7-9-18-19(13-15)33-22(24-18)25(23-14-16-8-10-21(32-16)26(28)29)20(27)11-12-34(30,31)17-5-3-2-4-6-17/h2-10,13-14H,11-12H2,1H3/b23-14+. The second-order valence-corrected chi connectivity index (χ2v) is 10.4. The maximum absolute atomic E-state index is 13.1. The number of anilines is 1. The maximum Gasteiger partial charge on any atom is 0.433 e. The van der Waals surface area contributed by atoms with Crippen LogP contribution in [0.3, 0.4) is 0 Å². The minimum absolute atomic E-state index is 0.0540. The lowest BCUT2D eigenvalue weighted by atomic mass is 10.2. The van der Waals surface area contributed by atoms with Crippen LogP contribution in [0.4, 0.5) is 11.0 Å². The highest BCUT2D eigenvalue weighted by Crippen LogP contribution is 2.30. The number of nitrogens with zero attached hydrogens (tertiary/aromatic N) is 4. The number of hydrogen-bond acceptors (Lipinski definition) is 9. The number of hydrazone groups is 1. The summed E-state index contributed by atoms with van der Waals surface area (Å²) in [5.74, 6) is -1.44. The first kappa shape index (κ1) is 23.3. The van der Waals surface area contributed by atoms with Crippen molar-refractivity contribution in [3.63, 3.8) is 0 Å². The molecule has 4 aromatic rings. The molecule has 0 saturated carbocycles. The van der Waals surface area contributed by atoms with E-state index in [1.807, 2.05) is 25.1 Å². The molecule has 10 nitrogen and oxygen atoms in total. The van der Waals surface area contributed by atoms with E-state index in [1.54, 1.807) is 18.2 Å². The maximum atomic E-state index is 13.1. The molecule has 4 rings (SSSR count). The molecule has 1 amide bonds. The van der Waals surface area contributed by atoms with Gasteiger partial charge in [-0.3, -0.25) is 14.9 Å². The molecule has 0 aliphatic heterocycles. The van der Waals surface area contributed by atoms with E-state index in [1.165, 1.54) is 35.6 Å². The second-order valence-electron chi connectivity index (χ2n) is 7.23. The van der Waals surface area contributed by atoms with E-state index in [2.05, 4.69) is 10.1 Å². The van der Waals surface area contributed by atoms with Crippen molar-refractivity contribution >= 4 is 54.5 Å². The summed E-state index contributed by atoms with van der Waals surface area (Å²) in [6, 6.07) is 16.0. The van der Waals surface area contributed by atoms with Gasteiger partial charge in [0.2, 0.25) is 5.13 Å². The highest BCUT2D eigenvalue weighted by Gasteiger charge is 2.23. The fourth-order valence-corrected chi connectivity index (χ4v) is 5.32. The number of aromatic nitrogens is 1. The third kappa shape index (κ3) is 5.18. The van der Waals surface area contributed by atoms with Crippen LogP contribution in [0.2, 0.25) is 0 Å². The molecule has 0 bridgehead atoms. The second kappa shape index (κ2) is 9.53. The Balaban J connectivity index is 1.62. The van der Waals surface area contributed by atoms with Gasteiger partial charge in [-0.2, -0.15) is 10.1 Å². The van der Waals surface area contributed by atoms with Crippen LogP contribution in [-0.2, 0) is 14.6 Å². The van der Waals surface area contributed by atoms with Crippen LogP contribution >= 0.6 is 11.3 Å². The molecule has 0 atom stereocenters. The number of furan rings is 1. The highest BCUT2D eigenvalue weighted by molar-refractivity contribution is 7.91. The molecule has 0 unspecified atom stereocenters. The number of benzene rings is 2. The van der Waals surface area contributed by atoms with Gasteiger partial charge in [0.05, 0.1) is 33.1 Å². The molecule has 0 N–H and O–H groups in total. The molecule has 0 fully saturated rings. The SMILES string of the molecule is Cc1ccc2nc(N(/N=C/c3ccc([N+](=O)[O-])o3)C(=O)CCS(=O)(=O)c3ccccc3)sc2c1. The minimum atomic E-state index is -3.68. The number of nitro groups is 1. The van der Waals surface area contributed by atoms with Crippen LogP contribution < -0.4 is 5.01 Å². The molecule has 34 heavy (non-hydrogen) atoms. The van der Waals surface area contributed by atoms with Gasteiger partial charge in [0.1, 0.15) is 4.92 Å². The van der Waals surface area contributed by atoms with Gasteiger partial charge in [0, 0.05) is 6.42 Å². The number of fused-ring (bicyclic) bond motifs is 1. The van der Waals surface area contributed by atoms with Gasteiger partial charge in [-0.15, -0.1) is 0 Å². The summed E-state index contributed by atoms with van der Waals surface area (Å²) in [5.41, 5.74) is 1.67. The van der Waals surface area contributed by atoms with Gasteiger partial charge in [-0.25, -0.2) is 13.4 Å². The lowest BCUT2D eigenvalue weighted by molar-refractivity contribution is -0.402. The van der Waals surface area contributed by atoms with Crippen LogP contribution in [0.5, 0.6) is 0 Å². The summed E-state index contributed by atoms with van der Waals surface area (Å²) in [6.45, 7) is 1.93. The topological polar surface area (TPSA) is 136 Å². The summed E-state index contributed by atoms with van der Waals surface area (Å²) >= 11 is 1.21. The number of carbonyl (C=O) groups excluding carboxylic acids is 1. The molecular weight excluding hydrogens is 480 g/mol. The van der Waals surface area contributed by atoms with Crippen molar-refractivity contribution in [2.45, 2.75) is 18.2 Å². The summed E-state index contributed by atoms with van der Waals surface area (Å²) in [6.07, 6.45) is 0.801. The molecule has 0 saturated heterocycles. The van der Waals surface area contributed by atoms with E-state index in [9.17, 15) is 23.3 Å². The van der Waals surface area contributed by atoms with E-state index in [4.69, 9.17) is 4.42 Å². The Morgan fingerprint density at radius 3 is 2.68 bits per heavy atom. The number of sulfone groups is 1. The van der Waals surface area contributed by atoms with E-state index >= 15 is 0 Å². The number of aryl methyl sites for hydroxylation is 1. The van der Waals surface area contributed by atoms with Crippen LogP contribution in [0.1, 0.15) is 17.7 Å². The van der Waals surface area contributed by atoms with Crippen molar-refractivity contribution in [2.24, 2.45) is 5.10 Å². The van der Waals surface area contributed by atoms with Gasteiger partial charge in [-0.1, -0.05) is 35.6 Å². The Kier molecular flexibility index (Phi) is 6.52. The predicted molar refractivity (Wildman–Crippen MR) is 128 cm³/mol. The minimum Gasteiger partial charge on any atom is -0.400 e. The van der Waals surface area contributed by atoms with Crippen molar-refractivity contribution in [3.8, 4) is 0 Å². The molecule has 12 heteroatoms. The Morgan fingerprint density at radius 2 is 1.97 bits per heavy atom. The molecule has 0 aliphatic rings. The van der Waals surface area contributed by atoms with Gasteiger partial charge in [0.15, 0.2) is 15.6 Å². The third-order valence-corrected chi connectivity index (χ3v) is 7.46. The quantitative estimate of drug-likeness (QED) is 0.200. The Morgan fingerprint density at radius 1 is 1.21 bits per heavy atom. The lowest BCUT2D eigenvalue weighted by Gasteiger charge is -2.13. The third-order valence-electron chi connectivity index (χ3n) is 4.73. The fourth-order valence-electron chi connectivity index (χ4n) is 3.03. The van der Waals surface area contributed by atoms with Gasteiger partial charge < -0.3 is 4.42 Å². The number of hydrogen-bond donors (Lipinski definition) is 0. The highest BCUT2D eigenvalue weighted by atomic mass is 32.2. The number of rotatable bonds is 8. The Hall–Kier alpha value is -3.90. The van der Waals surface area contributed by atoms with Crippen molar-refractivity contribution in [2.75, 3.05) is 10.8 Å². The Bertz CT molecular complexity index is 1490. The first-order valence-corrected chi connectivity index (χ1v) is 12.5. The van der Waals surface area contributed by atoms with E-state index < -0.39 is 32.3 Å². The van der Waals surface area contributed by atoms with Gasteiger partial charge in [-0.05, 0) is 42.8 Å². The summed E-state index contributed by atoms with van der Waals surface area (Å²) in [7, 11) is -3.68. The first-order valence-electron chi connectivity index (χ1n) is 9.99. The number of amides is 1. The summed E-state index contributed by atoms with van der Waals surface area (Å²) in [5, 5.41) is 16.2. The van der Waals surface area contributed by atoms with Crippen LogP contribution in [0.25, 0.3) is 10.2 Å². The molecule has 2 aromatic heterocycles. The van der Waals surface area contributed by atoms with Gasteiger partial charge in [0.25, 0.3) is 5.91 Å². The average Bonchev–Trinajstić information content (AvgIpc) is 3.45. The molecule has 0 radical (unpaired) electrons. The number of carbonyl (C=O) groups is 1. The first-order chi connectivity index (χ1) is 16.2. The van der Waals surface area contributed by atoms with E-state index in [-0.39, 0.29) is 22.2 Å². The predicted octanol–water partition coefficient (Wildman–Crippen LogP) is 4.34. The Labute approximate surface area is 198 Å². The molecule has 2 aromatic carbocycles. The average molecular weight is 499 g/mol. The normalized spacial score (nSPS) is 11.8. The zero-order valence-electron chi connectivity index (χ0n) is 17.8. The summed E-state index contributed by atoms with van der Waals surface area (Å²) in [4.78, 5) is 27.8. The molecule has 174 valence electrons. The fraction of sp³-hybridized carbons (Fsp3) is 0.136. The summed E-state index contributed by atoms with van der Waals surface area (Å²) < 4.78 is 31.1. The van der Waals surface area contributed by atoms with Crippen molar-refractivity contribution in [1.82, 2.24) is 4.98 Å². The zero-order chi connectivity index (χ0) is 24.3. The van der Waals surface area contributed by atoms with Crippen molar-refractivity contribution in [1.29, 1.82) is 0 Å². The lowest BCUT2D eigenvalue weighted by Crippen LogP contribution is -2.27. The number of thiazole rings is 1. The van der Waals surface area contributed by atoms with Crippen LogP contribution in [-0.4, -0.2) is 36.2 Å². The van der Waals surface area contributed by atoms with Crippen molar-refractivity contribution < 1.29 is 22.6 Å². The van der Waals surface area contributed by atoms with E-state index in [0.29, 0.717) is 5.52 Å². The largest absolute Gasteiger partial charge is 0.433 e. The van der Waals surface area contributed by atoms with E-state index in [0.717, 1.165) is 21.5 Å².